The highest BCUT2D eigenvalue weighted by molar-refractivity contribution is 6.00. The van der Waals surface area contributed by atoms with Crippen LogP contribution in [-0.2, 0) is 14.3 Å². The molecule has 17 heavy (non-hydrogen) atoms. The van der Waals surface area contributed by atoms with Crippen LogP contribution in [0, 0.1) is 5.92 Å². The number of carbonyl (C=O) groups excluding carboxylic acids is 2. The zero-order valence-electron chi connectivity index (χ0n) is 9.68. The molecule has 0 saturated carbocycles. The highest BCUT2D eigenvalue weighted by Gasteiger charge is 2.41. The van der Waals surface area contributed by atoms with E-state index >= 15 is 0 Å². The molecule has 0 spiro atoms. The van der Waals surface area contributed by atoms with Crippen LogP contribution >= 0.6 is 0 Å². The average Bonchev–Trinajstić information content (AvgIpc) is 2.73. The second kappa shape index (κ2) is 4.99. The van der Waals surface area contributed by atoms with Crippen molar-refractivity contribution in [3.8, 4) is 0 Å². The number of carbonyl (C=O) groups is 2. The van der Waals surface area contributed by atoms with Gasteiger partial charge in [-0.25, -0.2) is 0 Å². The average molecular weight is 233 g/mol. The Bertz CT molecular complexity index is 416. The van der Waals surface area contributed by atoms with Crippen LogP contribution in [0.15, 0.2) is 30.3 Å². The van der Waals surface area contributed by atoms with E-state index in [1.165, 1.54) is 0 Å². The Morgan fingerprint density at radius 2 is 2.12 bits per heavy atom. The molecule has 1 fully saturated rings. The number of hydrogen-bond donors (Lipinski definition) is 1. The minimum atomic E-state index is -0.711. The molecule has 1 amide bonds. The van der Waals surface area contributed by atoms with E-state index in [9.17, 15) is 9.59 Å². The lowest BCUT2D eigenvalue weighted by Crippen LogP contribution is -2.28. The molecule has 4 heteroatoms. The zero-order chi connectivity index (χ0) is 12.3. The van der Waals surface area contributed by atoms with Gasteiger partial charge < -0.3 is 10.1 Å². The normalized spacial score (nSPS) is 23.2. The van der Waals surface area contributed by atoms with Gasteiger partial charge in [-0.1, -0.05) is 30.3 Å². The Labute approximate surface area is 100.0 Å². The van der Waals surface area contributed by atoms with Gasteiger partial charge in [-0.2, -0.15) is 0 Å². The third-order valence-electron chi connectivity index (χ3n) is 2.95. The lowest BCUT2D eigenvalue weighted by atomic mass is 9.89. The molecule has 1 aromatic carbocycles. The minimum Gasteiger partial charge on any atom is -0.465 e. The van der Waals surface area contributed by atoms with Crippen LogP contribution in [0.4, 0.5) is 0 Å². The Balaban J connectivity index is 2.22. The third-order valence-corrected chi connectivity index (χ3v) is 2.95. The summed E-state index contributed by atoms with van der Waals surface area (Å²) in [4.78, 5) is 23.4. The van der Waals surface area contributed by atoms with Crippen molar-refractivity contribution in [2.45, 2.75) is 12.8 Å². The molecular weight excluding hydrogens is 218 g/mol. The van der Waals surface area contributed by atoms with E-state index in [0.29, 0.717) is 13.2 Å². The topological polar surface area (TPSA) is 55.4 Å². The predicted octanol–water partition coefficient (Wildman–Crippen LogP) is 1.08. The first-order valence-electron chi connectivity index (χ1n) is 5.73. The highest BCUT2D eigenvalue weighted by Crippen LogP contribution is 2.29. The summed E-state index contributed by atoms with van der Waals surface area (Å²) in [5.41, 5.74) is 0.990. The smallest absolute Gasteiger partial charge is 0.319 e. The Kier molecular flexibility index (Phi) is 3.42. The molecule has 4 nitrogen and oxygen atoms in total. The van der Waals surface area contributed by atoms with E-state index in [4.69, 9.17) is 4.74 Å². The summed E-state index contributed by atoms with van der Waals surface area (Å²) in [5, 5.41) is 2.72. The van der Waals surface area contributed by atoms with Gasteiger partial charge in [-0.3, -0.25) is 9.59 Å². The summed E-state index contributed by atoms with van der Waals surface area (Å²) in [6.45, 7) is 2.53. The maximum atomic E-state index is 11.8. The molecule has 2 rings (SSSR count). The number of rotatable bonds is 3. The van der Waals surface area contributed by atoms with Crippen LogP contribution in [0.3, 0.4) is 0 Å². The molecule has 0 unspecified atom stereocenters. The van der Waals surface area contributed by atoms with Gasteiger partial charge in [-0.05, 0) is 12.5 Å². The maximum Gasteiger partial charge on any atom is 0.319 e. The van der Waals surface area contributed by atoms with Crippen LogP contribution in [0.1, 0.15) is 18.4 Å². The molecule has 0 aromatic heterocycles. The summed E-state index contributed by atoms with van der Waals surface area (Å²) in [5.74, 6) is -1.51. The third kappa shape index (κ3) is 2.30. The largest absolute Gasteiger partial charge is 0.465 e. The van der Waals surface area contributed by atoms with Gasteiger partial charge in [0.2, 0.25) is 5.91 Å². The summed E-state index contributed by atoms with van der Waals surface area (Å²) in [6.07, 6.45) is 0. The van der Waals surface area contributed by atoms with Gasteiger partial charge in [-0.15, -0.1) is 0 Å². The lowest BCUT2D eigenvalue weighted by molar-refractivity contribution is -0.151. The van der Waals surface area contributed by atoms with E-state index in [1.807, 2.05) is 30.3 Å². The van der Waals surface area contributed by atoms with E-state index in [0.717, 1.165) is 5.56 Å². The number of ether oxygens (including phenoxy) is 1. The second-order valence-electron chi connectivity index (χ2n) is 3.99. The number of amides is 1. The van der Waals surface area contributed by atoms with Crippen molar-refractivity contribution in [3.63, 3.8) is 0 Å². The summed E-state index contributed by atoms with van der Waals surface area (Å²) in [7, 11) is 0. The van der Waals surface area contributed by atoms with Crippen molar-refractivity contribution in [2.24, 2.45) is 5.92 Å². The fraction of sp³-hybridized carbons (Fsp3) is 0.385. The molecular formula is C13H15NO3. The molecule has 0 aliphatic carbocycles. The standard InChI is InChI=1S/C13H15NO3/c1-2-17-13(16)11-10(8-14-12(11)15)9-6-4-3-5-7-9/h3-7,10-11H,2,8H2,1H3,(H,14,15)/t10-,11-/m1/s1. The Morgan fingerprint density at radius 1 is 1.41 bits per heavy atom. The van der Waals surface area contributed by atoms with Gasteiger partial charge >= 0.3 is 5.97 Å². The van der Waals surface area contributed by atoms with Crippen LogP contribution < -0.4 is 5.32 Å². The minimum absolute atomic E-state index is 0.122. The van der Waals surface area contributed by atoms with Gasteiger partial charge in [0.05, 0.1) is 6.61 Å². The molecule has 1 aliphatic heterocycles. The lowest BCUT2D eigenvalue weighted by Gasteiger charge is -2.15. The SMILES string of the molecule is CCOC(=O)[C@H]1C(=O)NC[C@@H]1c1ccccc1. The zero-order valence-corrected chi connectivity index (χ0v) is 9.68. The molecule has 1 N–H and O–H groups in total. The van der Waals surface area contributed by atoms with Gasteiger partial charge in [0, 0.05) is 12.5 Å². The van der Waals surface area contributed by atoms with Crippen molar-refractivity contribution < 1.29 is 14.3 Å². The number of hydrogen-bond acceptors (Lipinski definition) is 3. The quantitative estimate of drug-likeness (QED) is 0.628. The van der Waals surface area contributed by atoms with Crippen LogP contribution in [0.2, 0.25) is 0 Å². The van der Waals surface area contributed by atoms with Crippen molar-refractivity contribution >= 4 is 11.9 Å². The molecule has 90 valence electrons. The highest BCUT2D eigenvalue weighted by atomic mass is 16.5. The summed E-state index contributed by atoms with van der Waals surface area (Å²) < 4.78 is 4.95. The Morgan fingerprint density at radius 3 is 2.76 bits per heavy atom. The fourth-order valence-electron chi connectivity index (χ4n) is 2.13. The van der Waals surface area contributed by atoms with E-state index in [2.05, 4.69) is 5.32 Å². The van der Waals surface area contributed by atoms with E-state index < -0.39 is 11.9 Å². The molecule has 1 saturated heterocycles. The van der Waals surface area contributed by atoms with E-state index in [1.54, 1.807) is 6.92 Å². The Hall–Kier alpha value is -1.84. The van der Waals surface area contributed by atoms with Gasteiger partial charge in [0.1, 0.15) is 5.92 Å². The van der Waals surface area contributed by atoms with Crippen molar-refractivity contribution in [3.05, 3.63) is 35.9 Å². The van der Waals surface area contributed by atoms with Crippen LogP contribution in [0.5, 0.6) is 0 Å². The van der Waals surface area contributed by atoms with Gasteiger partial charge in [0.25, 0.3) is 0 Å². The van der Waals surface area contributed by atoms with Crippen molar-refractivity contribution in [1.82, 2.24) is 5.32 Å². The van der Waals surface area contributed by atoms with Gasteiger partial charge in [0.15, 0.2) is 0 Å². The van der Waals surface area contributed by atoms with Crippen LogP contribution in [-0.4, -0.2) is 25.0 Å². The molecule has 1 aromatic rings. The van der Waals surface area contributed by atoms with Crippen LogP contribution in [0.25, 0.3) is 0 Å². The molecule has 0 radical (unpaired) electrons. The maximum absolute atomic E-state index is 11.8. The molecule has 0 bridgehead atoms. The second-order valence-corrected chi connectivity index (χ2v) is 3.99. The van der Waals surface area contributed by atoms with Crippen molar-refractivity contribution in [1.29, 1.82) is 0 Å². The number of nitrogens with one attached hydrogen (secondary N) is 1. The molecule has 1 aliphatic rings. The predicted molar refractivity (Wildman–Crippen MR) is 62.3 cm³/mol. The van der Waals surface area contributed by atoms with E-state index in [-0.39, 0.29) is 11.8 Å². The monoisotopic (exact) mass is 233 g/mol. The summed E-state index contributed by atoms with van der Waals surface area (Å²) >= 11 is 0. The first-order valence-corrected chi connectivity index (χ1v) is 5.73. The number of esters is 1. The first-order chi connectivity index (χ1) is 8.24. The van der Waals surface area contributed by atoms with Crippen molar-refractivity contribution in [2.75, 3.05) is 13.2 Å². The summed E-state index contributed by atoms with van der Waals surface area (Å²) in [6, 6.07) is 9.57. The first kappa shape index (κ1) is 11.6. The fourth-order valence-corrected chi connectivity index (χ4v) is 2.13. The number of benzene rings is 1. The molecule has 2 atom stereocenters. The molecule has 1 heterocycles.